The van der Waals surface area contributed by atoms with E-state index in [1.807, 2.05) is 24.4 Å². The molecule has 0 aliphatic heterocycles. The van der Waals surface area contributed by atoms with Crippen LogP contribution < -0.4 is 5.73 Å². The zero-order valence-corrected chi connectivity index (χ0v) is 9.89. The molecule has 2 heterocycles. The Kier molecular flexibility index (Phi) is 2.52. The maximum Gasteiger partial charge on any atom is 0.220 e. The first-order valence-electron chi connectivity index (χ1n) is 4.01. The van der Waals surface area contributed by atoms with Crippen LogP contribution >= 0.6 is 27.3 Å². The highest BCUT2D eigenvalue weighted by Gasteiger charge is 2.04. The summed E-state index contributed by atoms with van der Waals surface area (Å²) in [5.41, 5.74) is 7.34. The smallest absolute Gasteiger partial charge is 0.220 e. The molecule has 5 heteroatoms. The standard InChI is InChI=1S/C9H8BrN3S/c1-5-2-7(13-9(11)12-5)8-3-6(10)4-14-8/h2-4H,1H3,(H2,11,12,13). The molecule has 0 aliphatic rings. The van der Waals surface area contributed by atoms with Gasteiger partial charge in [0.05, 0.1) is 10.6 Å². The Bertz CT molecular complexity index is 447. The van der Waals surface area contributed by atoms with Crippen molar-refractivity contribution in [3.8, 4) is 10.6 Å². The molecule has 2 N–H and O–H groups in total. The molecule has 2 aromatic heterocycles. The van der Waals surface area contributed by atoms with Gasteiger partial charge in [-0.2, -0.15) is 0 Å². The average molecular weight is 270 g/mol. The molecule has 0 aliphatic carbocycles. The summed E-state index contributed by atoms with van der Waals surface area (Å²) >= 11 is 5.03. The fourth-order valence-corrected chi connectivity index (χ4v) is 2.55. The number of hydrogen-bond donors (Lipinski definition) is 1. The number of thiophene rings is 1. The Morgan fingerprint density at radius 3 is 2.71 bits per heavy atom. The minimum Gasteiger partial charge on any atom is -0.368 e. The molecule has 0 aromatic carbocycles. The normalized spacial score (nSPS) is 10.4. The van der Waals surface area contributed by atoms with Crippen molar-refractivity contribution in [2.75, 3.05) is 5.73 Å². The second kappa shape index (κ2) is 3.67. The lowest BCUT2D eigenvalue weighted by atomic mass is 10.3. The van der Waals surface area contributed by atoms with Crippen molar-refractivity contribution in [2.24, 2.45) is 0 Å². The number of nitrogens with zero attached hydrogens (tertiary/aromatic N) is 2. The lowest BCUT2D eigenvalue weighted by molar-refractivity contribution is 1.13. The Hall–Kier alpha value is -0.940. The Morgan fingerprint density at radius 1 is 1.36 bits per heavy atom. The van der Waals surface area contributed by atoms with Crippen molar-refractivity contribution < 1.29 is 0 Å². The minimum atomic E-state index is 0.324. The molecule has 3 nitrogen and oxygen atoms in total. The lowest BCUT2D eigenvalue weighted by Gasteiger charge is -1.99. The molecular weight excluding hydrogens is 262 g/mol. The van der Waals surface area contributed by atoms with Gasteiger partial charge < -0.3 is 5.73 Å². The van der Waals surface area contributed by atoms with Crippen LogP contribution in [0, 0.1) is 6.92 Å². The molecule has 0 unspecified atom stereocenters. The average Bonchev–Trinajstić information content (AvgIpc) is 2.50. The van der Waals surface area contributed by atoms with Crippen LogP contribution in [0.1, 0.15) is 5.69 Å². The molecule has 0 fully saturated rings. The molecule has 0 radical (unpaired) electrons. The number of nitrogen functional groups attached to an aromatic ring is 1. The Balaban J connectivity index is 2.51. The molecule has 0 spiro atoms. The summed E-state index contributed by atoms with van der Waals surface area (Å²) in [4.78, 5) is 9.29. The summed E-state index contributed by atoms with van der Waals surface area (Å²) in [5, 5.41) is 2.02. The first-order chi connectivity index (χ1) is 6.65. The number of aromatic nitrogens is 2. The quantitative estimate of drug-likeness (QED) is 0.866. The highest BCUT2D eigenvalue weighted by Crippen LogP contribution is 2.28. The van der Waals surface area contributed by atoms with Gasteiger partial charge in [0.15, 0.2) is 0 Å². The van der Waals surface area contributed by atoms with Crippen molar-refractivity contribution in [3.05, 3.63) is 27.7 Å². The molecule has 0 atom stereocenters. The van der Waals surface area contributed by atoms with Crippen LogP contribution in [0.4, 0.5) is 5.95 Å². The number of hydrogen-bond acceptors (Lipinski definition) is 4. The Morgan fingerprint density at radius 2 is 2.14 bits per heavy atom. The summed E-state index contributed by atoms with van der Waals surface area (Å²) in [6.45, 7) is 1.91. The predicted molar refractivity (Wildman–Crippen MR) is 62.2 cm³/mol. The van der Waals surface area contributed by atoms with Gasteiger partial charge in [-0.15, -0.1) is 11.3 Å². The first-order valence-corrected chi connectivity index (χ1v) is 5.68. The number of anilines is 1. The topological polar surface area (TPSA) is 51.8 Å². The molecule has 2 aromatic rings. The van der Waals surface area contributed by atoms with Crippen molar-refractivity contribution in [3.63, 3.8) is 0 Å². The third-order valence-electron chi connectivity index (χ3n) is 1.69. The van der Waals surface area contributed by atoms with Crippen molar-refractivity contribution in [1.29, 1.82) is 0 Å². The fourth-order valence-electron chi connectivity index (χ4n) is 1.17. The SMILES string of the molecule is Cc1cc(-c2cc(Br)cs2)nc(N)n1. The van der Waals surface area contributed by atoms with Gasteiger partial charge in [0, 0.05) is 15.5 Å². The zero-order chi connectivity index (χ0) is 10.1. The van der Waals surface area contributed by atoms with Crippen LogP contribution in [-0.4, -0.2) is 9.97 Å². The van der Waals surface area contributed by atoms with Gasteiger partial charge in [-0.25, -0.2) is 9.97 Å². The summed E-state index contributed by atoms with van der Waals surface area (Å²) in [7, 11) is 0. The molecule has 0 bridgehead atoms. The van der Waals surface area contributed by atoms with E-state index in [9.17, 15) is 0 Å². The van der Waals surface area contributed by atoms with E-state index >= 15 is 0 Å². The van der Waals surface area contributed by atoms with Crippen LogP contribution in [0.15, 0.2) is 22.0 Å². The molecule has 0 saturated carbocycles. The van der Waals surface area contributed by atoms with Gasteiger partial charge in [-0.3, -0.25) is 0 Å². The van der Waals surface area contributed by atoms with E-state index in [1.54, 1.807) is 11.3 Å². The number of halogens is 1. The molecule has 0 saturated heterocycles. The van der Waals surface area contributed by atoms with Crippen molar-refractivity contribution in [2.45, 2.75) is 6.92 Å². The highest BCUT2D eigenvalue weighted by atomic mass is 79.9. The van der Waals surface area contributed by atoms with Crippen LogP contribution in [0.5, 0.6) is 0 Å². The van der Waals surface area contributed by atoms with Gasteiger partial charge in [0.2, 0.25) is 5.95 Å². The third-order valence-corrected chi connectivity index (χ3v) is 3.41. The maximum absolute atomic E-state index is 5.57. The second-order valence-corrected chi connectivity index (χ2v) is 4.71. The van der Waals surface area contributed by atoms with E-state index in [-0.39, 0.29) is 0 Å². The van der Waals surface area contributed by atoms with Crippen molar-refractivity contribution >= 4 is 33.2 Å². The molecule has 14 heavy (non-hydrogen) atoms. The minimum absolute atomic E-state index is 0.324. The third kappa shape index (κ3) is 1.93. The van der Waals surface area contributed by atoms with E-state index in [1.165, 1.54) is 0 Å². The summed E-state index contributed by atoms with van der Waals surface area (Å²) < 4.78 is 1.06. The number of rotatable bonds is 1. The number of nitrogens with two attached hydrogens (primary N) is 1. The molecule has 2 rings (SSSR count). The Labute approximate surface area is 94.1 Å². The van der Waals surface area contributed by atoms with Crippen LogP contribution in [0.2, 0.25) is 0 Å². The summed E-state index contributed by atoms with van der Waals surface area (Å²) in [5.74, 6) is 0.324. The van der Waals surface area contributed by atoms with E-state index in [4.69, 9.17) is 5.73 Å². The van der Waals surface area contributed by atoms with Gasteiger partial charge in [0.25, 0.3) is 0 Å². The highest BCUT2D eigenvalue weighted by molar-refractivity contribution is 9.10. The van der Waals surface area contributed by atoms with Gasteiger partial charge in [0.1, 0.15) is 0 Å². The largest absolute Gasteiger partial charge is 0.368 e. The van der Waals surface area contributed by atoms with E-state index in [0.29, 0.717) is 5.95 Å². The lowest BCUT2D eigenvalue weighted by Crippen LogP contribution is -1.97. The van der Waals surface area contributed by atoms with Crippen LogP contribution in [-0.2, 0) is 0 Å². The van der Waals surface area contributed by atoms with Gasteiger partial charge in [-0.1, -0.05) is 0 Å². The van der Waals surface area contributed by atoms with E-state index < -0.39 is 0 Å². The first kappa shape index (κ1) is 9.61. The monoisotopic (exact) mass is 269 g/mol. The van der Waals surface area contributed by atoms with Crippen LogP contribution in [0.25, 0.3) is 10.6 Å². The fraction of sp³-hybridized carbons (Fsp3) is 0.111. The molecular formula is C9H8BrN3S. The van der Waals surface area contributed by atoms with Crippen LogP contribution in [0.3, 0.4) is 0 Å². The van der Waals surface area contributed by atoms with Crippen molar-refractivity contribution in [1.82, 2.24) is 9.97 Å². The zero-order valence-electron chi connectivity index (χ0n) is 7.49. The predicted octanol–water partition coefficient (Wildman–Crippen LogP) is 2.86. The summed E-state index contributed by atoms with van der Waals surface area (Å²) in [6.07, 6.45) is 0. The number of aryl methyl sites for hydroxylation is 1. The second-order valence-electron chi connectivity index (χ2n) is 2.88. The van der Waals surface area contributed by atoms with E-state index in [2.05, 4.69) is 25.9 Å². The van der Waals surface area contributed by atoms with E-state index in [0.717, 1.165) is 20.7 Å². The van der Waals surface area contributed by atoms with Gasteiger partial charge in [-0.05, 0) is 35.0 Å². The molecule has 0 amide bonds. The van der Waals surface area contributed by atoms with Gasteiger partial charge >= 0.3 is 0 Å². The maximum atomic E-state index is 5.57. The molecule has 72 valence electrons. The summed E-state index contributed by atoms with van der Waals surface area (Å²) in [6, 6.07) is 3.94.